The number of rotatable bonds is 1. The van der Waals surface area contributed by atoms with Gasteiger partial charge in [-0.15, -0.1) is 0 Å². The lowest BCUT2D eigenvalue weighted by Crippen LogP contribution is -2.65. The predicted molar refractivity (Wildman–Crippen MR) is 68.7 cm³/mol. The van der Waals surface area contributed by atoms with E-state index in [0.717, 1.165) is 11.8 Å². The van der Waals surface area contributed by atoms with Crippen molar-refractivity contribution in [3.63, 3.8) is 0 Å². The van der Waals surface area contributed by atoms with E-state index in [-0.39, 0.29) is 0 Å². The molecule has 2 aliphatic rings. The van der Waals surface area contributed by atoms with Gasteiger partial charge in [-0.1, -0.05) is 11.8 Å². The fraction of sp³-hybridized carbons (Fsp3) is 0.909. The SMILES string of the molecule is CN(C)C1=N[C@@H]2[C@H](F)[C@H](O)[C@@H](C(C)(O)C(F)(F)F)O[C@@H]2S1. The molecule has 0 radical (unpaired) electrons. The van der Waals surface area contributed by atoms with Crippen LogP contribution in [0.5, 0.6) is 0 Å². The number of hydrogen-bond donors (Lipinski definition) is 2. The van der Waals surface area contributed by atoms with Crippen LogP contribution >= 0.6 is 11.8 Å². The number of aliphatic hydroxyl groups is 2. The molecule has 0 aromatic rings. The molecule has 0 spiro atoms. The summed E-state index contributed by atoms with van der Waals surface area (Å²) in [5.41, 5.74) is -4.37. The third kappa shape index (κ3) is 2.73. The van der Waals surface area contributed by atoms with Crippen LogP contribution in [-0.2, 0) is 4.74 Å². The lowest BCUT2D eigenvalue weighted by Gasteiger charge is -2.43. The van der Waals surface area contributed by atoms with Gasteiger partial charge in [-0.3, -0.25) is 4.99 Å². The first kappa shape index (κ1) is 16.8. The zero-order chi connectivity index (χ0) is 16.2. The van der Waals surface area contributed by atoms with Crippen molar-refractivity contribution in [2.75, 3.05) is 14.1 Å². The summed E-state index contributed by atoms with van der Waals surface area (Å²) in [6.45, 7) is 0.460. The van der Waals surface area contributed by atoms with Crippen molar-refractivity contribution in [3.8, 4) is 0 Å². The van der Waals surface area contributed by atoms with Gasteiger partial charge in [0, 0.05) is 14.1 Å². The minimum absolute atomic E-state index is 0.396. The van der Waals surface area contributed by atoms with Gasteiger partial charge in [0.25, 0.3) is 0 Å². The molecular formula is C11H16F4N2O3S. The Morgan fingerprint density at radius 3 is 2.38 bits per heavy atom. The quantitative estimate of drug-likeness (QED) is 0.694. The highest BCUT2D eigenvalue weighted by molar-refractivity contribution is 8.14. The molecule has 2 aliphatic heterocycles. The van der Waals surface area contributed by atoms with Crippen molar-refractivity contribution in [1.82, 2.24) is 4.90 Å². The number of hydrogen-bond acceptors (Lipinski definition) is 6. The monoisotopic (exact) mass is 332 g/mol. The van der Waals surface area contributed by atoms with Gasteiger partial charge in [-0.2, -0.15) is 13.2 Å². The number of amidine groups is 1. The molecule has 6 atom stereocenters. The lowest BCUT2D eigenvalue weighted by molar-refractivity contribution is -0.314. The number of aliphatic hydroxyl groups excluding tert-OH is 1. The van der Waals surface area contributed by atoms with E-state index in [1.54, 1.807) is 19.0 Å². The van der Waals surface area contributed by atoms with E-state index >= 15 is 0 Å². The molecule has 1 saturated heterocycles. The van der Waals surface area contributed by atoms with Crippen LogP contribution < -0.4 is 0 Å². The Morgan fingerprint density at radius 1 is 1.33 bits per heavy atom. The summed E-state index contributed by atoms with van der Waals surface area (Å²) in [6, 6.07) is -1.09. The van der Waals surface area contributed by atoms with Gasteiger partial charge in [0.15, 0.2) is 16.9 Å². The Labute approximate surface area is 123 Å². The highest BCUT2D eigenvalue weighted by Gasteiger charge is 2.63. The number of nitrogens with zero attached hydrogens (tertiary/aromatic N) is 2. The van der Waals surface area contributed by atoms with Crippen LogP contribution in [0.15, 0.2) is 4.99 Å². The van der Waals surface area contributed by atoms with E-state index in [2.05, 4.69) is 4.99 Å². The molecule has 10 heteroatoms. The zero-order valence-electron chi connectivity index (χ0n) is 11.5. The van der Waals surface area contributed by atoms with Crippen LogP contribution in [-0.4, -0.2) is 76.0 Å². The molecule has 0 saturated carbocycles. The number of halogens is 4. The van der Waals surface area contributed by atoms with Crippen molar-refractivity contribution in [2.24, 2.45) is 4.99 Å². The molecule has 1 fully saturated rings. The molecule has 0 aromatic carbocycles. The largest absolute Gasteiger partial charge is 0.419 e. The summed E-state index contributed by atoms with van der Waals surface area (Å²) in [5, 5.41) is 19.8. The van der Waals surface area contributed by atoms with Crippen molar-refractivity contribution in [1.29, 1.82) is 0 Å². The minimum Gasteiger partial charge on any atom is -0.387 e. The minimum atomic E-state index is -5.06. The molecule has 2 rings (SSSR count). The van der Waals surface area contributed by atoms with Crippen LogP contribution in [0.25, 0.3) is 0 Å². The fourth-order valence-corrected chi connectivity index (χ4v) is 3.29. The highest BCUT2D eigenvalue weighted by Crippen LogP contribution is 2.44. The maximum atomic E-state index is 14.2. The van der Waals surface area contributed by atoms with Crippen LogP contribution in [0, 0.1) is 0 Å². The van der Waals surface area contributed by atoms with Crippen molar-refractivity contribution < 1.29 is 32.5 Å². The second-order valence-electron chi connectivity index (χ2n) is 5.42. The fourth-order valence-electron chi connectivity index (χ4n) is 2.16. The Hall–Kier alpha value is -0.580. The van der Waals surface area contributed by atoms with E-state index in [1.807, 2.05) is 0 Å². The zero-order valence-corrected chi connectivity index (χ0v) is 12.3. The van der Waals surface area contributed by atoms with Crippen LogP contribution in [0.1, 0.15) is 6.92 Å². The van der Waals surface area contributed by atoms with Crippen LogP contribution in [0.2, 0.25) is 0 Å². The molecule has 0 aromatic heterocycles. The number of alkyl halides is 4. The summed E-state index contributed by atoms with van der Waals surface area (Å²) in [5.74, 6) is 0. The first-order chi connectivity index (χ1) is 9.46. The molecule has 122 valence electrons. The molecule has 21 heavy (non-hydrogen) atoms. The third-order valence-corrected chi connectivity index (χ3v) is 4.82. The van der Waals surface area contributed by atoms with Gasteiger partial charge in [0.05, 0.1) is 0 Å². The highest BCUT2D eigenvalue weighted by atomic mass is 32.2. The standard InChI is InChI=1S/C11H16F4N2O3S/c1-10(19,11(13,14)15)7-6(18)4(12)5-8(20-7)21-9(16-5)17(2)3/h4-8,18-19H,1-3H3/t4-,5+,6-,7-,8+,10?/m0/s1. The van der Waals surface area contributed by atoms with Gasteiger partial charge in [0.1, 0.15) is 23.7 Å². The second-order valence-corrected chi connectivity index (χ2v) is 6.49. The van der Waals surface area contributed by atoms with Gasteiger partial charge in [0.2, 0.25) is 0 Å². The number of aliphatic imine (C=N–C) groups is 1. The van der Waals surface area contributed by atoms with Crippen molar-refractivity contribution in [3.05, 3.63) is 0 Å². The molecule has 2 N–H and O–H groups in total. The number of ether oxygens (including phenoxy) is 1. The van der Waals surface area contributed by atoms with Gasteiger partial charge in [-0.25, -0.2) is 4.39 Å². The van der Waals surface area contributed by atoms with E-state index in [0.29, 0.717) is 12.1 Å². The van der Waals surface area contributed by atoms with E-state index < -0.39 is 41.6 Å². The molecule has 0 aliphatic carbocycles. The summed E-state index contributed by atoms with van der Waals surface area (Å²) >= 11 is 0.963. The third-order valence-electron chi connectivity index (χ3n) is 3.51. The second kappa shape index (κ2) is 5.25. The average Bonchev–Trinajstić information content (AvgIpc) is 2.76. The van der Waals surface area contributed by atoms with Crippen molar-refractivity contribution >= 4 is 16.9 Å². The Morgan fingerprint density at radius 2 is 1.90 bits per heavy atom. The molecule has 2 heterocycles. The normalized spacial score (nSPS) is 39.5. The van der Waals surface area contributed by atoms with E-state index in [4.69, 9.17) is 4.74 Å². The summed E-state index contributed by atoms with van der Waals surface area (Å²) in [6.07, 6.45) is -11.3. The topological polar surface area (TPSA) is 65.3 Å². The first-order valence-corrected chi connectivity index (χ1v) is 7.03. The summed E-state index contributed by atoms with van der Waals surface area (Å²) < 4.78 is 57.9. The van der Waals surface area contributed by atoms with Crippen LogP contribution in [0.4, 0.5) is 17.6 Å². The summed E-state index contributed by atoms with van der Waals surface area (Å²) in [4.78, 5) is 5.57. The molecular weight excluding hydrogens is 316 g/mol. The lowest BCUT2D eigenvalue weighted by atomic mass is 9.87. The maximum absolute atomic E-state index is 14.2. The van der Waals surface area contributed by atoms with E-state index in [1.165, 1.54) is 0 Å². The van der Waals surface area contributed by atoms with Gasteiger partial charge < -0.3 is 19.8 Å². The maximum Gasteiger partial charge on any atom is 0.419 e. The van der Waals surface area contributed by atoms with Crippen molar-refractivity contribution in [2.45, 2.75) is 48.6 Å². The predicted octanol–water partition coefficient (Wildman–Crippen LogP) is 0.757. The average molecular weight is 332 g/mol. The number of thioether (sulfide) groups is 1. The van der Waals surface area contributed by atoms with Gasteiger partial charge >= 0.3 is 6.18 Å². The molecule has 5 nitrogen and oxygen atoms in total. The summed E-state index contributed by atoms with van der Waals surface area (Å²) in [7, 11) is 3.30. The van der Waals surface area contributed by atoms with Gasteiger partial charge in [-0.05, 0) is 6.92 Å². The first-order valence-electron chi connectivity index (χ1n) is 6.15. The number of fused-ring (bicyclic) bond motifs is 1. The van der Waals surface area contributed by atoms with E-state index in [9.17, 15) is 27.8 Å². The smallest absolute Gasteiger partial charge is 0.387 e. The Balaban J connectivity index is 2.25. The van der Waals surface area contributed by atoms with Crippen LogP contribution in [0.3, 0.4) is 0 Å². The molecule has 0 bridgehead atoms. The Kier molecular flexibility index (Phi) is 4.20. The molecule has 0 amide bonds. The molecule has 1 unspecified atom stereocenters. The Bertz CT molecular complexity index is 444.